The van der Waals surface area contributed by atoms with E-state index in [1.165, 1.54) is 38.4 Å². The molecule has 1 aliphatic heterocycles. The maximum Gasteiger partial charge on any atom is 0.306 e. The van der Waals surface area contributed by atoms with E-state index >= 15 is 0 Å². The number of nitriles is 1. The van der Waals surface area contributed by atoms with Crippen molar-refractivity contribution in [1.29, 1.82) is 5.26 Å². The largest absolute Gasteiger partial charge is 0.469 e. The van der Waals surface area contributed by atoms with Crippen LogP contribution in [0.3, 0.4) is 0 Å². The van der Waals surface area contributed by atoms with Crippen LogP contribution in [0.1, 0.15) is 112 Å². The molecule has 2 bridgehead atoms. The molecular weight excluding hydrogens is 514 g/mol. The Hall–Kier alpha value is -1.87. The molecule has 1 heterocycles. The van der Waals surface area contributed by atoms with E-state index in [4.69, 9.17) is 9.47 Å². The van der Waals surface area contributed by atoms with E-state index in [1.807, 2.05) is 0 Å². The fraction of sp³-hybridized carbons (Fsp3) is 0.857. The molecule has 6 nitrogen and oxygen atoms in total. The van der Waals surface area contributed by atoms with Gasteiger partial charge in [-0.25, -0.2) is 0 Å². The molecule has 0 aromatic heterocycles. The topological polar surface area (TPSA) is 85.6 Å². The van der Waals surface area contributed by atoms with Gasteiger partial charge in [0.25, 0.3) is 0 Å². The van der Waals surface area contributed by atoms with E-state index in [9.17, 15) is 14.9 Å². The van der Waals surface area contributed by atoms with Crippen molar-refractivity contribution >= 4 is 11.9 Å². The van der Waals surface area contributed by atoms with Crippen LogP contribution in [-0.4, -0.2) is 37.9 Å². The lowest BCUT2D eigenvalue weighted by atomic mass is 9.33. The van der Waals surface area contributed by atoms with Crippen LogP contribution in [0.4, 0.5) is 0 Å². The molecule has 0 aromatic carbocycles. The highest BCUT2D eigenvalue weighted by Crippen LogP contribution is 2.78. The van der Waals surface area contributed by atoms with Crippen molar-refractivity contribution in [3.05, 3.63) is 12.2 Å². The first-order chi connectivity index (χ1) is 19.2. The number of carbonyl (C=O) groups excluding carboxylic acids is 2. The molecule has 5 aliphatic rings. The van der Waals surface area contributed by atoms with Gasteiger partial charge in [-0.15, -0.1) is 0 Å². The van der Waals surface area contributed by atoms with Gasteiger partial charge in [0, 0.05) is 23.2 Å². The average Bonchev–Trinajstić information content (AvgIpc) is 3.44. The second kappa shape index (κ2) is 10.1. The Morgan fingerprint density at radius 2 is 1.68 bits per heavy atom. The molecule has 5 rings (SSSR count). The first-order valence-corrected chi connectivity index (χ1v) is 16.1. The van der Waals surface area contributed by atoms with Crippen LogP contribution in [0, 0.1) is 62.1 Å². The quantitative estimate of drug-likeness (QED) is 0.224. The van der Waals surface area contributed by atoms with Crippen molar-refractivity contribution in [2.45, 2.75) is 118 Å². The number of fused-ring (bicyclic) bond motifs is 3. The van der Waals surface area contributed by atoms with E-state index in [0.29, 0.717) is 36.2 Å². The van der Waals surface area contributed by atoms with Gasteiger partial charge in [-0.3, -0.25) is 9.59 Å². The van der Waals surface area contributed by atoms with E-state index in [2.05, 4.69) is 58.9 Å². The molecule has 0 N–H and O–H groups in total. The van der Waals surface area contributed by atoms with Gasteiger partial charge in [-0.2, -0.15) is 5.26 Å². The number of ether oxygens (including phenoxy) is 3. The lowest BCUT2D eigenvalue weighted by molar-refractivity contribution is -0.226. The minimum absolute atomic E-state index is 0.0291. The van der Waals surface area contributed by atoms with E-state index in [1.54, 1.807) is 0 Å². The first kappa shape index (κ1) is 30.6. The number of esters is 2. The average molecular weight is 568 g/mol. The summed E-state index contributed by atoms with van der Waals surface area (Å²) in [4.78, 5) is 24.0. The Morgan fingerprint density at radius 1 is 1.00 bits per heavy atom. The first-order valence-electron chi connectivity index (χ1n) is 16.1. The zero-order valence-corrected chi connectivity index (χ0v) is 26.7. The summed E-state index contributed by atoms with van der Waals surface area (Å²) in [7, 11) is 1.33. The van der Waals surface area contributed by atoms with Gasteiger partial charge in [0.05, 0.1) is 44.8 Å². The molecule has 1 saturated heterocycles. The molecule has 4 aliphatic carbocycles. The predicted molar refractivity (Wildman–Crippen MR) is 157 cm³/mol. The Balaban J connectivity index is 1.41. The molecule has 41 heavy (non-hydrogen) atoms. The van der Waals surface area contributed by atoms with Crippen molar-refractivity contribution in [2.75, 3.05) is 20.3 Å². The van der Waals surface area contributed by atoms with Crippen molar-refractivity contribution < 1.29 is 23.8 Å². The van der Waals surface area contributed by atoms with Crippen molar-refractivity contribution in [1.82, 2.24) is 0 Å². The molecule has 5 fully saturated rings. The van der Waals surface area contributed by atoms with Gasteiger partial charge in [-0.05, 0) is 97.9 Å². The van der Waals surface area contributed by atoms with Gasteiger partial charge < -0.3 is 14.2 Å². The van der Waals surface area contributed by atoms with Crippen LogP contribution in [0.5, 0.6) is 0 Å². The van der Waals surface area contributed by atoms with Crippen molar-refractivity contribution in [2.24, 2.45) is 50.7 Å². The number of hydrogen-bond acceptors (Lipinski definition) is 6. The van der Waals surface area contributed by atoms with Crippen LogP contribution in [-0.2, 0) is 23.8 Å². The molecule has 6 unspecified atom stereocenters. The molecule has 9 atom stereocenters. The molecule has 0 aromatic rings. The highest BCUT2D eigenvalue weighted by Gasteiger charge is 2.74. The molecule has 228 valence electrons. The fourth-order valence-corrected chi connectivity index (χ4v) is 11.8. The highest BCUT2D eigenvalue weighted by molar-refractivity contribution is 5.77. The summed E-state index contributed by atoms with van der Waals surface area (Å²) >= 11 is 0. The second-order valence-electron chi connectivity index (χ2n) is 16.0. The lowest BCUT2D eigenvalue weighted by Crippen LogP contribution is -2.65. The fourth-order valence-electron chi connectivity index (χ4n) is 11.8. The van der Waals surface area contributed by atoms with Crippen LogP contribution in [0.2, 0.25) is 0 Å². The Kier molecular flexibility index (Phi) is 7.54. The van der Waals surface area contributed by atoms with Gasteiger partial charge in [-0.1, -0.05) is 41.2 Å². The van der Waals surface area contributed by atoms with E-state index in [-0.39, 0.29) is 52.0 Å². The Bertz CT molecular complexity index is 1130. The molecule has 0 spiro atoms. The van der Waals surface area contributed by atoms with Crippen LogP contribution < -0.4 is 0 Å². The van der Waals surface area contributed by atoms with Gasteiger partial charge in [0.2, 0.25) is 0 Å². The monoisotopic (exact) mass is 567 g/mol. The summed E-state index contributed by atoms with van der Waals surface area (Å²) in [5, 5.41) is 10.2. The normalized spacial score (nSPS) is 44.6. The maximum absolute atomic E-state index is 12.5. The number of rotatable bonds is 8. The number of nitrogens with zero attached hydrogens (tertiary/aromatic N) is 1. The molecule has 0 radical (unpaired) electrons. The summed E-state index contributed by atoms with van der Waals surface area (Å²) in [5.74, 6) is 1.09. The molecule has 6 heteroatoms. The van der Waals surface area contributed by atoms with E-state index < -0.39 is 5.97 Å². The van der Waals surface area contributed by atoms with Crippen LogP contribution in [0.15, 0.2) is 12.2 Å². The SMILES string of the molecule is C=C(C)C12CCC3(CC[C@]4(C)C(CCC5[C@@](C)(CC#N)C(C(C)(C)COC(=O)CCC(=O)OC)CC[C@]54C)C31)CO2. The summed E-state index contributed by atoms with van der Waals surface area (Å²) < 4.78 is 17.1. The summed E-state index contributed by atoms with van der Waals surface area (Å²) in [5.41, 5.74) is 1.25. The maximum atomic E-state index is 12.5. The second-order valence-corrected chi connectivity index (χ2v) is 16.0. The third-order valence-electron chi connectivity index (χ3n) is 14.0. The minimum Gasteiger partial charge on any atom is -0.469 e. The number of methoxy groups -OCH3 is 1. The van der Waals surface area contributed by atoms with Crippen molar-refractivity contribution in [3.8, 4) is 6.07 Å². The number of hydrogen-bond donors (Lipinski definition) is 0. The zero-order valence-electron chi connectivity index (χ0n) is 26.7. The van der Waals surface area contributed by atoms with Crippen LogP contribution >= 0.6 is 0 Å². The smallest absolute Gasteiger partial charge is 0.306 e. The summed E-state index contributed by atoms with van der Waals surface area (Å²) in [6.07, 6.45) is 9.96. The van der Waals surface area contributed by atoms with Gasteiger partial charge in [0.1, 0.15) is 0 Å². The third-order valence-corrected chi connectivity index (χ3v) is 14.0. The van der Waals surface area contributed by atoms with Crippen molar-refractivity contribution in [3.63, 3.8) is 0 Å². The Morgan fingerprint density at radius 3 is 2.29 bits per heavy atom. The molecule has 0 amide bonds. The van der Waals surface area contributed by atoms with Gasteiger partial charge in [0.15, 0.2) is 0 Å². The minimum atomic E-state index is -0.404. The molecule has 4 saturated carbocycles. The van der Waals surface area contributed by atoms with Gasteiger partial charge >= 0.3 is 11.9 Å². The van der Waals surface area contributed by atoms with Crippen LogP contribution in [0.25, 0.3) is 0 Å². The summed E-state index contributed by atoms with van der Waals surface area (Å²) in [6.45, 7) is 19.8. The van der Waals surface area contributed by atoms with E-state index in [0.717, 1.165) is 32.3 Å². The lowest BCUT2D eigenvalue weighted by Gasteiger charge is -2.71. The Labute approximate surface area is 247 Å². The summed E-state index contributed by atoms with van der Waals surface area (Å²) in [6, 6.07) is 2.61. The molecular formula is C35H53NO5. The number of carbonyl (C=O) groups is 2. The third kappa shape index (κ3) is 4.26. The standard InChI is InChI=1S/C35H53NO5/c1-23(2)35-18-17-34(22-41-35)16-15-32(6)24(29(34)35)9-10-26-31(5,19-20-36)25(13-14-33(26,32)7)30(3,4)21-40-28(38)12-11-27(37)39-8/h24-26,29H,1,9-19,21-22H2,2-8H3/t24?,25?,26?,29?,31-,32+,33+,34?,35?/m0/s1. The zero-order chi connectivity index (χ0) is 30.1. The predicted octanol–water partition coefficient (Wildman–Crippen LogP) is 7.41. The highest BCUT2D eigenvalue weighted by atomic mass is 16.5.